The van der Waals surface area contributed by atoms with E-state index < -0.39 is 0 Å². The van der Waals surface area contributed by atoms with E-state index in [0.717, 1.165) is 15.5 Å². The van der Waals surface area contributed by atoms with Crippen molar-refractivity contribution in [2.24, 2.45) is 7.05 Å². The SMILES string of the molecule is Cn1nc(CNC(=O)c2nsc3ccccc23)c2ccccc2c1=O. The standard InChI is InChI=1S/C18H14N4O2S/c1-22-18(24)12-7-3-2-6-11(12)14(20-22)10-19-17(23)16-13-8-4-5-9-15(13)25-21-16/h2-9H,10H2,1H3,(H,19,23). The minimum absolute atomic E-state index is 0.156. The molecule has 4 aromatic rings. The molecular weight excluding hydrogens is 336 g/mol. The van der Waals surface area contributed by atoms with Crippen LogP contribution >= 0.6 is 11.5 Å². The molecular formula is C18H14N4O2S. The lowest BCUT2D eigenvalue weighted by Gasteiger charge is -2.09. The highest BCUT2D eigenvalue weighted by molar-refractivity contribution is 7.13. The van der Waals surface area contributed by atoms with Gasteiger partial charge in [-0.25, -0.2) is 4.68 Å². The molecule has 1 N–H and O–H groups in total. The third-order valence-electron chi connectivity index (χ3n) is 4.04. The molecule has 124 valence electrons. The van der Waals surface area contributed by atoms with E-state index in [1.807, 2.05) is 42.5 Å². The number of amides is 1. The van der Waals surface area contributed by atoms with Crippen LogP contribution in [0.2, 0.25) is 0 Å². The van der Waals surface area contributed by atoms with Gasteiger partial charge < -0.3 is 5.32 Å². The fourth-order valence-electron chi connectivity index (χ4n) is 2.80. The summed E-state index contributed by atoms with van der Waals surface area (Å²) in [5.74, 6) is -0.253. The van der Waals surface area contributed by atoms with Crippen LogP contribution in [0.1, 0.15) is 16.2 Å². The minimum Gasteiger partial charge on any atom is -0.345 e. The third-order valence-corrected chi connectivity index (χ3v) is 4.87. The van der Waals surface area contributed by atoms with Crippen LogP contribution in [0.5, 0.6) is 0 Å². The molecule has 2 aromatic carbocycles. The van der Waals surface area contributed by atoms with Crippen LogP contribution in [0.3, 0.4) is 0 Å². The lowest BCUT2D eigenvalue weighted by molar-refractivity contribution is 0.0948. The first kappa shape index (κ1) is 15.5. The summed E-state index contributed by atoms with van der Waals surface area (Å²) >= 11 is 1.30. The van der Waals surface area contributed by atoms with Gasteiger partial charge in [-0.3, -0.25) is 9.59 Å². The highest BCUT2D eigenvalue weighted by Crippen LogP contribution is 2.22. The van der Waals surface area contributed by atoms with Crippen molar-refractivity contribution in [1.82, 2.24) is 19.5 Å². The van der Waals surface area contributed by atoms with Crippen LogP contribution in [0.4, 0.5) is 0 Å². The predicted octanol–water partition coefficient (Wildman–Crippen LogP) is 2.47. The van der Waals surface area contributed by atoms with E-state index in [-0.39, 0.29) is 18.0 Å². The average molecular weight is 350 g/mol. The maximum absolute atomic E-state index is 12.5. The van der Waals surface area contributed by atoms with E-state index in [4.69, 9.17) is 0 Å². The third kappa shape index (κ3) is 2.68. The molecule has 4 rings (SSSR count). The summed E-state index contributed by atoms with van der Waals surface area (Å²) in [6.45, 7) is 0.222. The molecule has 2 aromatic heterocycles. The monoisotopic (exact) mass is 350 g/mol. The van der Waals surface area contributed by atoms with Gasteiger partial charge in [0.2, 0.25) is 0 Å². The van der Waals surface area contributed by atoms with Crippen LogP contribution in [0, 0.1) is 0 Å². The van der Waals surface area contributed by atoms with Crippen molar-refractivity contribution in [2.45, 2.75) is 6.54 Å². The first-order valence-electron chi connectivity index (χ1n) is 7.72. The number of aryl methyl sites for hydroxylation is 1. The number of fused-ring (bicyclic) bond motifs is 2. The maximum atomic E-state index is 12.5. The van der Waals surface area contributed by atoms with Crippen LogP contribution in [-0.4, -0.2) is 20.1 Å². The summed E-state index contributed by atoms with van der Waals surface area (Å²) in [4.78, 5) is 24.7. The summed E-state index contributed by atoms with van der Waals surface area (Å²) in [5, 5.41) is 9.32. The van der Waals surface area contributed by atoms with Gasteiger partial charge in [0.25, 0.3) is 11.5 Å². The summed E-state index contributed by atoms with van der Waals surface area (Å²) in [5.41, 5.74) is 0.900. The number of carbonyl (C=O) groups is 1. The number of rotatable bonds is 3. The first-order chi connectivity index (χ1) is 12.1. The zero-order chi connectivity index (χ0) is 17.4. The van der Waals surface area contributed by atoms with E-state index in [1.165, 1.54) is 16.2 Å². The average Bonchev–Trinajstić information content (AvgIpc) is 3.07. The molecule has 2 heterocycles. The Morgan fingerprint density at radius 2 is 1.76 bits per heavy atom. The summed E-state index contributed by atoms with van der Waals surface area (Å²) in [7, 11) is 1.61. The van der Waals surface area contributed by atoms with Crippen LogP contribution in [0.15, 0.2) is 53.3 Å². The number of hydrogen-bond acceptors (Lipinski definition) is 5. The molecule has 0 fully saturated rings. The smallest absolute Gasteiger partial charge is 0.274 e. The van der Waals surface area contributed by atoms with E-state index in [9.17, 15) is 9.59 Å². The Kier molecular flexibility index (Phi) is 3.77. The van der Waals surface area contributed by atoms with Gasteiger partial charge in [-0.15, -0.1) is 0 Å². The van der Waals surface area contributed by atoms with Crippen LogP contribution < -0.4 is 10.9 Å². The Balaban J connectivity index is 1.66. The van der Waals surface area contributed by atoms with E-state index in [2.05, 4.69) is 14.8 Å². The second-order valence-electron chi connectivity index (χ2n) is 5.63. The normalized spacial score (nSPS) is 11.1. The Morgan fingerprint density at radius 3 is 2.56 bits per heavy atom. The van der Waals surface area contributed by atoms with Gasteiger partial charge in [0.05, 0.1) is 22.3 Å². The molecule has 0 radical (unpaired) electrons. The molecule has 0 atom stereocenters. The van der Waals surface area contributed by atoms with E-state index in [1.54, 1.807) is 13.1 Å². The summed E-state index contributed by atoms with van der Waals surface area (Å²) < 4.78 is 6.52. The van der Waals surface area contributed by atoms with Crippen molar-refractivity contribution in [2.75, 3.05) is 0 Å². The number of aromatic nitrogens is 3. The fourth-order valence-corrected chi connectivity index (χ4v) is 3.58. The molecule has 0 aliphatic carbocycles. The topological polar surface area (TPSA) is 76.9 Å². The molecule has 7 heteroatoms. The zero-order valence-electron chi connectivity index (χ0n) is 13.4. The van der Waals surface area contributed by atoms with Crippen molar-refractivity contribution in [3.05, 3.63) is 70.3 Å². The molecule has 0 aliphatic heterocycles. The molecule has 0 bridgehead atoms. The van der Waals surface area contributed by atoms with Gasteiger partial charge in [-0.1, -0.05) is 36.4 Å². The van der Waals surface area contributed by atoms with Crippen molar-refractivity contribution >= 4 is 38.3 Å². The molecule has 0 aliphatic rings. The van der Waals surface area contributed by atoms with Gasteiger partial charge in [-0.05, 0) is 23.7 Å². The summed E-state index contributed by atoms with van der Waals surface area (Å²) in [6, 6.07) is 14.9. The lowest BCUT2D eigenvalue weighted by atomic mass is 10.1. The fraction of sp³-hybridized carbons (Fsp3) is 0.111. The quantitative estimate of drug-likeness (QED) is 0.616. The van der Waals surface area contributed by atoms with Gasteiger partial charge in [0.1, 0.15) is 5.69 Å². The number of nitrogens with zero attached hydrogens (tertiary/aromatic N) is 3. The van der Waals surface area contributed by atoms with Crippen LogP contribution in [-0.2, 0) is 13.6 Å². The molecule has 25 heavy (non-hydrogen) atoms. The lowest BCUT2D eigenvalue weighted by Crippen LogP contribution is -2.27. The molecule has 1 amide bonds. The van der Waals surface area contributed by atoms with Gasteiger partial charge in [-0.2, -0.15) is 9.47 Å². The highest BCUT2D eigenvalue weighted by atomic mass is 32.1. The number of hydrogen-bond donors (Lipinski definition) is 1. The van der Waals surface area contributed by atoms with E-state index >= 15 is 0 Å². The Bertz CT molecular complexity index is 1160. The Hall–Kier alpha value is -3.06. The minimum atomic E-state index is -0.253. The van der Waals surface area contributed by atoms with Gasteiger partial charge in [0, 0.05) is 17.8 Å². The van der Waals surface area contributed by atoms with Crippen molar-refractivity contribution in [1.29, 1.82) is 0 Å². The highest BCUT2D eigenvalue weighted by Gasteiger charge is 2.15. The number of nitrogens with one attached hydrogen (secondary N) is 1. The Labute approximate surface area is 146 Å². The summed E-state index contributed by atoms with van der Waals surface area (Å²) in [6.07, 6.45) is 0. The molecule has 0 unspecified atom stereocenters. The maximum Gasteiger partial charge on any atom is 0.274 e. The Morgan fingerprint density at radius 1 is 1.08 bits per heavy atom. The van der Waals surface area contributed by atoms with Crippen molar-refractivity contribution < 1.29 is 4.79 Å². The predicted molar refractivity (Wildman–Crippen MR) is 97.8 cm³/mol. The zero-order valence-corrected chi connectivity index (χ0v) is 14.2. The number of carbonyl (C=O) groups excluding carboxylic acids is 1. The van der Waals surface area contributed by atoms with Crippen LogP contribution in [0.25, 0.3) is 20.9 Å². The molecule has 0 spiro atoms. The second-order valence-corrected chi connectivity index (χ2v) is 6.44. The van der Waals surface area contributed by atoms with Crippen molar-refractivity contribution in [3.63, 3.8) is 0 Å². The van der Waals surface area contributed by atoms with Gasteiger partial charge >= 0.3 is 0 Å². The number of benzene rings is 2. The first-order valence-corrected chi connectivity index (χ1v) is 8.50. The van der Waals surface area contributed by atoms with Crippen molar-refractivity contribution in [3.8, 4) is 0 Å². The molecule has 0 saturated carbocycles. The largest absolute Gasteiger partial charge is 0.345 e. The van der Waals surface area contributed by atoms with E-state index in [0.29, 0.717) is 16.8 Å². The van der Waals surface area contributed by atoms with Gasteiger partial charge in [0.15, 0.2) is 0 Å². The molecule has 0 saturated heterocycles. The second kappa shape index (κ2) is 6.10. The molecule has 6 nitrogen and oxygen atoms in total.